The van der Waals surface area contributed by atoms with Gasteiger partial charge in [-0.2, -0.15) is 0 Å². The molecule has 0 aromatic heterocycles. The van der Waals surface area contributed by atoms with Crippen molar-refractivity contribution in [2.24, 2.45) is 0 Å². The van der Waals surface area contributed by atoms with Gasteiger partial charge >= 0.3 is 11.9 Å². The van der Waals surface area contributed by atoms with Gasteiger partial charge in [-0.25, -0.2) is 9.59 Å². The van der Waals surface area contributed by atoms with Crippen LogP contribution >= 0.6 is 0 Å². The monoisotopic (exact) mass is 276 g/mol. The first-order chi connectivity index (χ1) is 9.32. The highest BCUT2D eigenvalue weighted by molar-refractivity contribution is 6.15. The maximum atomic E-state index is 11.9. The fourth-order valence-corrected chi connectivity index (χ4v) is 1.98. The average molecular weight is 276 g/mol. The van der Waals surface area contributed by atoms with Crippen molar-refractivity contribution in [3.63, 3.8) is 0 Å². The zero-order valence-electron chi connectivity index (χ0n) is 11.5. The van der Waals surface area contributed by atoms with Gasteiger partial charge in [-0.3, -0.25) is 0 Å². The van der Waals surface area contributed by atoms with Gasteiger partial charge in [0.2, 0.25) is 0 Å². The Bertz CT molecular complexity index is 549. The Kier molecular flexibility index (Phi) is 3.53. The quantitative estimate of drug-likeness (QED) is 0.389. The second-order valence-electron chi connectivity index (χ2n) is 5.07. The third-order valence-electron chi connectivity index (χ3n) is 3.05. The van der Waals surface area contributed by atoms with Gasteiger partial charge < -0.3 is 14.6 Å². The SMILES string of the molecule is CC(C(O)=C1C(=O)OC(C)(C)OC1=O)c1ccccc1. The Morgan fingerprint density at radius 1 is 1.10 bits per heavy atom. The minimum atomic E-state index is -1.31. The van der Waals surface area contributed by atoms with Crippen LogP contribution in [0.3, 0.4) is 0 Å². The highest BCUT2D eigenvalue weighted by Crippen LogP contribution is 2.30. The molecule has 0 bridgehead atoms. The molecule has 0 spiro atoms. The summed E-state index contributed by atoms with van der Waals surface area (Å²) in [6.07, 6.45) is 0. The third-order valence-corrected chi connectivity index (χ3v) is 3.05. The molecular formula is C15H16O5. The zero-order valence-corrected chi connectivity index (χ0v) is 11.5. The number of ether oxygens (including phenoxy) is 2. The van der Waals surface area contributed by atoms with Crippen LogP contribution in [0.2, 0.25) is 0 Å². The molecule has 1 saturated heterocycles. The molecule has 20 heavy (non-hydrogen) atoms. The summed E-state index contributed by atoms with van der Waals surface area (Å²) < 4.78 is 9.93. The first kappa shape index (κ1) is 14.1. The van der Waals surface area contributed by atoms with Crippen LogP contribution in [0, 0.1) is 0 Å². The maximum absolute atomic E-state index is 11.9. The van der Waals surface area contributed by atoms with Gasteiger partial charge in [-0.1, -0.05) is 37.3 Å². The minimum absolute atomic E-state index is 0.346. The maximum Gasteiger partial charge on any atom is 0.352 e. The molecule has 5 heteroatoms. The van der Waals surface area contributed by atoms with Crippen molar-refractivity contribution in [2.75, 3.05) is 0 Å². The predicted octanol–water partition coefficient (Wildman–Crippen LogP) is 2.44. The average Bonchev–Trinajstić information content (AvgIpc) is 2.36. The summed E-state index contributed by atoms with van der Waals surface area (Å²) in [5.74, 6) is -3.90. The first-order valence-corrected chi connectivity index (χ1v) is 6.26. The predicted molar refractivity (Wildman–Crippen MR) is 70.8 cm³/mol. The first-order valence-electron chi connectivity index (χ1n) is 6.26. The van der Waals surface area contributed by atoms with E-state index in [1.165, 1.54) is 13.8 Å². The van der Waals surface area contributed by atoms with E-state index in [0.29, 0.717) is 0 Å². The lowest BCUT2D eigenvalue weighted by Gasteiger charge is -2.30. The van der Waals surface area contributed by atoms with E-state index in [-0.39, 0.29) is 5.76 Å². The van der Waals surface area contributed by atoms with Crippen LogP contribution < -0.4 is 0 Å². The van der Waals surface area contributed by atoms with Crippen LogP contribution in [0.5, 0.6) is 0 Å². The van der Waals surface area contributed by atoms with Gasteiger partial charge in [0.15, 0.2) is 5.57 Å². The number of cyclic esters (lactones) is 2. The van der Waals surface area contributed by atoms with Crippen molar-refractivity contribution in [2.45, 2.75) is 32.5 Å². The molecule has 1 aliphatic heterocycles. The number of allylic oxidation sites excluding steroid dienone is 1. The molecule has 1 unspecified atom stereocenters. The van der Waals surface area contributed by atoms with E-state index < -0.39 is 29.2 Å². The molecule has 1 atom stereocenters. The highest BCUT2D eigenvalue weighted by Gasteiger charge is 2.41. The smallest absolute Gasteiger partial charge is 0.352 e. The number of hydrogen-bond acceptors (Lipinski definition) is 5. The zero-order chi connectivity index (χ0) is 14.9. The van der Waals surface area contributed by atoms with Crippen LogP contribution in [0.15, 0.2) is 41.7 Å². The Hall–Kier alpha value is -2.30. The molecule has 1 N–H and O–H groups in total. The van der Waals surface area contributed by atoms with Crippen LogP contribution in [-0.4, -0.2) is 22.8 Å². The molecule has 0 aliphatic carbocycles. The van der Waals surface area contributed by atoms with E-state index in [4.69, 9.17) is 9.47 Å². The number of carbonyl (C=O) groups excluding carboxylic acids is 2. The van der Waals surface area contributed by atoms with Gasteiger partial charge in [0.25, 0.3) is 5.79 Å². The van der Waals surface area contributed by atoms with Gasteiger partial charge in [-0.15, -0.1) is 0 Å². The van der Waals surface area contributed by atoms with Crippen LogP contribution in [0.1, 0.15) is 32.3 Å². The summed E-state index contributed by atoms with van der Waals surface area (Å²) in [6, 6.07) is 9.05. The lowest BCUT2D eigenvalue weighted by atomic mass is 9.96. The number of hydrogen-bond donors (Lipinski definition) is 1. The van der Waals surface area contributed by atoms with Crippen molar-refractivity contribution >= 4 is 11.9 Å². The number of carbonyl (C=O) groups is 2. The van der Waals surface area contributed by atoms with E-state index in [9.17, 15) is 14.7 Å². The molecule has 1 fully saturated rings. The highest BCUT2D eigenvalue weighted by atomic mass is 16.7. The van der Waals surface area contributed by atoms with Gasteiger partial charge in [-0.05, 0) is 5.56 Å². The summed E-state index contributed by atoms with van der Waals surface area (Å²) in [6.45, 7) is 4.60. The molecule has 2 rings (SSSR count). The lowest BCUT2D eigenvalue weighted by Crippen LogP contribution is -2.42. The normalized spacial score (nSPS) is 19.1. The van der Waals surface area contributed by atoms with Crippen molar-refractivity contribution < 1.29 is 24.2 Å². The number of rotatable bonds is 2. The van der Waals surface area contributed by atoms with E-state index in [0.717, 1.165) is 5.56 Å². The fourth-order valence-electron chi connectivity index (χ4n) is 1.98. The number of aliphatic hydroxyl groups excluding tert-OH is 1. The molecular weight excluding hydrogens is 260 g/mol. The summed E-state index contributed by atoms with van der Waals surface area (Å²) >= 11 is 0. The molecule has 106 valence electrons. The van der Waals surface area contributed by atoms with E-state index in [1.54, 1.807) is 19.1 Å². The summed E-state index contributed by atoms with van der Waals surface area (Å²) in [4.78, 5) is 23.7. The third kappa shape index (κ3) is 2.66. The van der Waals surface area contributed by atoms with Crippen LogP contribution in [0.25, 0.3) is 0 Å². The molecule has 1 aliphatic rings. The topological polar surface area (TPSA) is 72.8 Å². The van der Waals surface area contributed by atoms with E-state index in [1.807, 2.05) is 18.2 Å². The van der Waals surface area contributed by atoms with Crippen molar-refractivity contribution in [1.82, 2.24) is 0 Å². The Labute approximate surface area is 116 Å². The van der Waals surface area contributed by atoms with Crippen molar-refractivity contribution in [1.29, 1.82) is 0 Å². The molecule has 5 nitrogen and oxygen atoms in total. The number of esters is 2. The van der Waals surface area contributed by atoms with Crippen LogP contribution in [0.4, 0.5) is 0 Å². The second-order valence-corrected chi connectivity index (χ2v) is 5.07. The fraction of sp³-hybridized carbons (Fsp3) is 0.333. The summed E-state index contributed by atoms with van der Waals surface area (Å²) in [7, 11) is 0. The minimum Gasteiger partial charge on any atom is -0.510 e. The molecule has 1 aromatic rings. The molecule has 1 aromatic carbocycles. The van der Waals surface area contributed by atoms with Gasteiger partial charge in [0.1, 0.15) is 5.76 Å². The standard InChI is InChI=1S/C15H16O5/c1-9(10-7-5-4-6-8-10)12(16)11-13(17)19-15(2,3)20-14(11)18/h4-9,16H,1-3H3. The van der Waals surface area contributed by atoms with Crippen LogP contribution in [-0.2, 0) is 19.1 Å². The molecule has 1 heterocycles. The molecule has 0 saturated carbocycles. The Morgan fingerprint density at radius 3 is 2.10 bits per heavy atom. The Morgan fingerprint density at radius 2 is 1.60 bits per heavy atom. The number of aliphatic hydroxyl groups is 1. The van der Waals surface area contributed by atoms with Gasteiger partial charge in [0.05, 0.1) is 0 Å². The van der Waals surface area contributed by atoms with Gasteiger partial charge in [0, 0.05) is 19.8 Å². The Balaban J connectivity index is 2.37. The van der Waals surface area contributed by atoms with E-state index >= 15 is 0 Å². The summed E-state index contributed by atoms with van der Waals surface area (Å²) in [5.41, 5.74) is 0.337. The van der Waals surface area contributed by atoms with Crippen molar-refractivity contribution in [3.05, 3.63) is 47.2 Å². The van der Waals surface area contributed by atoms with Crippen molar-refractivity contribution in [3.8, 4) is 0 Å². The molecule has 0 radical (unpaired) electrons. The second kappa shape index (κ2) is 5.00. The lowest BCUT2D eigenvalue weighted by molar-refractivity contribution is -0.222. The van der Waals surface area contributed by atoms with E-state index in [2.05, 4.69) is 0 Å². The number of benzene rings is 1. The largest absolute Gasteiger partial charge is 0.510 e. The summed E-state index contributed by atoms with van der Waals surface area (Å²) in [5, 5.41) is 10.2. The molecule has 0 amide bonds.